The maximum Gasteiger partial charge on any atom is 0.191 e. The van der Waals surface area contributed by atoms with E-state index in [1.54, 1.807) is 30.3 Å². The second-order valence-corrected chi connectivity index (χ2v) is 22.3. The predicted molar refractivity (Wildman–Crippen MR) is 363 cm³/mol. The third-order valence-electron chi connectivity index (χ3n) is 15.0. The highest BCUT2D eigenvalue weighted by atomic mass is 19.1. The topological polar surface area (TPSA) is 28.1 Å². The fraction of sp³-hybridized carbons (Fsp3) is 0.171. The summed E-state index contributed by atoms with van der Waals surface area (Å²) >= 11 is 0. The molecule has 432 valence electrons. The monoisotopic (exact) mass is 1130 g/mol. The minimum atomic E-state index is -0.243. The number of rotatable bonds is 5. The zero-order valence-corrected chi connectivity index (χ0v) is 52.6. The van der Waals surface area contributed by atoms with Crippen molar-refractivity contribution in [1.29, 1.82) is 5.26 Å². The molecule has 0 fully saturated rings. The molecule has 0 radical (unpaired) electrons. The fourth-order valence-corrected chi connectivity index (χ4v) is 10.2. The lowest BCUT2D eigenvalue weighted by Gasteiger charge is -2.13. The predicted octanol–water partition coefficient (Wildman–Crippen LogP) is 23.5. The average molecular weight is 1130 g/mol. The molecule has 0 aliphatic carbocycles. The molecule has 0 aliphatic heterocycles. The molecule has 0 N–H and O–H groups in total. The van der Waals surface area contributed by atoms with E-state index < -0.39 is 0 Å². The van der Waals surface area contributed by atoms with Gasteiger partial charge in [-0.05, 0) is 251 Å². The van der Waals surface area contributed by atoms with Crippen molar-refractivity contribution in [2.75, 3.05) is 0 Å². The van der Waals surface area contributed by atoms with Crippen molar-refractivity contribution in [2.45, 2.75) is 96.9 Å². The molecule has 11 aromatic rings. The molecule has 0 unspecified atom stereocenters. The summed E-state index contributed by atoms with van der Waals surface area (Å²) < 4.78 is 26.2. The lowest BCUT2D eigenvalue weighted by molar-refractivity contribution is 0.627. The van der Waals surface area contributed by atoms with Crippen LogP contribution < -0.4 is 0 Å². The third kappa shape index (κ3) is 19.2. The van der Waals surface area contributed by atoms with Gasteiger partial charge in [-0.25, -0.2) is 13.6 Å². The standard InChI is InChI=1S/C20H16F2.C20H18.C14H14.C10H8N2.C10H14.C8H10/c1-13-11-14(2)20(16-5-9-18(22)10-6-16)12-19(13)15-3-7-17(21)8-4-15;1-15-13-16(2)20(18-11-7-4-8-12-18)14-19(15)17-9-5-3-6-10-17;1-11-8-12(2)10-14(9-11)13-6-4-3-5-7-13;1-7-4-8(2)10(12-3)5-9(7)6-11;1-7-5-9(3)10(4)6-8(7)2;1-7-4-3-5-8(2)6-7/h3-12H,1-2H3;3-14H,1-2H3;3-10H,1-2H3;4-5H,1-2H3;5-6H,1-4H3;3-6H,1-2H3. The van der Waals surface area contributed by atoms with Crippen molar-refractivity contribution in [3.05, 3.63) is 337 Å². The first-order valence-corrected chi connectivity index (χ1v) is 29.1. The van der Waals surface area contributed by atoms with Gasteiger partial charge in [-0.2, -0.15) is 5.26 Å². The van der Waals surface area contributed by atoms with Crippen molar-refractivity contribution < 1.29 is 8.78 Å². The van der Waals surface area contributed by atoms with Crippen LogP contribution in [0.25, 0.3) is 60.5 Å². The Balaban J connectivity index is 0.000000171. The lowest BCUT2D eigenvalue weighted by atomic mass is 9.92. The second kappa shape index (κ2) is 31.8. The van der Waals surface area contributed by atoms with Gasteiger partial charge in [0.2, 0.25) is 0 Å². The maximum absolute atomic E-state index is 13.1. The van der Waals surface area contributed by atoms with Crippen LogP contribution in [0.4, 0.5) is 14.5 Å². The van der Waals surface area contributed by atoms with Crippen LogP contribution in [0, 0.1) is 126 Å². The van der Waals surface area contributed by atoms with Gasteiger partial charge in [0, 0.05) is 5.56 Å². The third-order valence-corrected chi connectivity index (χ3v) is 15.0. The minimum Gasteiger partial charge on any atom is -0.238 e. The molecule has 0 heterocycles. The van der Waals surface area contributed by atoms with Crippen molar-refractivity contribution >= 4 is 5.69 Å². The largest absolute Gasteiger partial charge is 0.238 e. The number of aryl methyl sites for hydroxylation is 14. The van der Waals surface area contributed by atoms with Gasteiger partial charge in [-0.1, -0.05) is 210 Å². The molecule has 0 saturated heterocycles. The van der Waals surface area contributed by atoms with E-state index in [0.717, 1.165) is 44.5 Å². The van der Waals surface area contributed by atoms with Gasteiger partial charge in [-0.15, -0.1) is 0 Å². The van der Waals surface area contributed by atoms with Crippen molar-refractivity contribution in [3.63, 3.8) is 0 Å². The van der Waals surface area contributed by atoms with Crippen LogP contribution in [0.15, 0.2) is 231 Å². The Labute approximate surface area is 512 Å². The molecule has 0 spiro atoms. The smallest absolute Gasteiger partial charge is 0.191 e. The van der Waals surface area contributed by atoms with E-state index in [1.165, 1.54) is 113 Å². The van der Waals surface area contributed by atoms with E-state index in [2.05, 4.69) is 244 Å². The Morgan fingerprint density at radius 3 is 0.919 bits per heavy atom. The van der Waals surface area contributed by atoms with Crippen LogP contribution in [-0.4, -0.2) is 0 Å². The molecule has 11 aromatic carbocycles. The van der Waals surface area contributed by atoms with Gasteiger partial charge in [0.15, 0.2) is 5.69 Å². The summed E-state index contributed by atoms with van der Waals surface area (Å²) in [4.78, 5) is 3.32. The second-order valence-electron chi connectivity index (χ2n) is 22.3. The Kier molecular flexibility index (Phi) is 24.2. The summed E-state index contributed by atoms with van der Waals surface area (Å²) in [6.45, 7) is 36.1. The van der Waals surface area contributed by atoms with Crippen LogP contribution in [-0.2, 0) is 0 Å². The normalized spacial score (nSPS) is 10.1. The van der Waals surface area contributed by atoms with Gasteiger partial charge in [0.05, 0.1) is 12.6 Å². The molecule has 2 nitrogen and oxygen atoms in total. The number of halogens is 2. The molecule has 4 heteroatoms. The summed E-state index contributed by atoms with van der Waals surface area (Å²) in [5.41, 5.74) is 30.7. The van der Waals surface area contributed by atoms with Gasteiger partial charge >= 0.3 is 0 Å². The van der Waals surface area contributed by atoms with Crippen LogP contribution in [0.5, 0.6) is 0 Å². The highest BCUT2D eigenvalue weighted by Gasteiger charge is 2.11. The number of nitriles is 1. The highest BCUT2D eigenvalue weighted by Crippen LogP contribution is 2.34. The quantitative estimate of drug-likeness (QED) is 0.158. The van der Waals surface area contributed by atoms with Crippen LogP contribution in [0.1, 0.15) is 83.5 Å². The van der Waals surface area contributed by atoms with Crippen LogP contribution in [0.2, 0.25) is 0 Å². The summed E-state index contributed by atoms with van der Waals surface area (Å²) in [6, 6.07) is 78.6. The van der Waals surface area contributed by atoms with E-state index in [9.17, 15) is 8.78 Å². The highest BCUT2D eigenvalue weighted by molar-refractivity contribution is 5.79. The molecule has 0 saturated carbocycles. The first-order valence-electron chi connectivity index (χ1n) is 29.1. The summed E-state index contributed by atoms with van der Waals surface area (Å²) in [5.74, 6) is -0.487. The molecule has 0 amide bonds. The molecular formula is C82H80F2N2. The van der Waals surface area contributed by atoms with Gasteiger partial charge < -0.3 is 0 Å². The minimum absolute atomic E-state index is 0.243. The first kappa shape index (κ1) is 65.4. The number of benzene rings is 11. The van der Waals surface area contributed by atoms with Crippen molar-refractivity contribution in [1.82, 2.24) is 0 Å². The Hall–Kier alpha value is -9.74. The summed E-state index contributed by atoms with van der Waals surface area (Å²) in [5, 5.41) is 8.68. The first-order chi connectivity index (χ1) is 41.1. The van der Waals surface area contributed by atoms with Gasteiger partial charge in [0.1, 0.15) is 11.6 Å². The van der Waals surface area contributed by atoms with Crippen LogP contribution >= 0.6 is 0 Å². The number of hydrogen-bond donors (Lipinski definition) is 0. The maximum atomic E-state index is 13.1. The number of hydrogen-bond acceptors (Lipinski definition) is 1. The molecule has 86 heavy (non-hydrogen) atoms. The molecule has 11 rings (SSSR count). The zero-order chi connectivity index (χ0) is 62.5. The molecule has 0 bridgehead atoms. The van der Waals surface area contributed by atoms with Gasteiger partial charge in [0.25, 0.3) is 0 Å². The van der Waals surface area contributed by atoms with Crippen LogP contribution in [0.3, 0.4) is 0 Å². The Morgan fingerprint density at radius 2 is 0.593 bits per heavy atom. The molecule has 0 atom stereocenters. The SMILES string of the molecule is Cc1cc(C)c(-c2ccc(F)cc2)cc1-c1ccc(F)cc1.Cc1cc(C)c(-c2ccccc2)cc1-c1ccccc1.Cc1cc(C)c(C)cc1C.Cc1cc(C)cc(-c2ccccc2)c1.Cc1cccc(C)c1.[C-]#[N+]c1cc(C#N)c(C)cc1C. The Morgan fingerprint density at radius 1 is 0.279 bits per heavy atom. The molecular weight excluding hydrogens is 1050 g/mol. The average Bonchev–Trinajstić information content (AvgIpc) is 2.08. The zero-order valence-electron chi connectivity index (χ0n) is 52.6. The summed E-state index contributed by atoms with van der Waals surface area (Å²) in [7, 11) is 0. The van der Waals surface area contributed by atoms with E-state index in [-0.39, 0.29) is 11.6 Å². The number of nitrogens with zero attached hydrogens (tertiary/aromatic N) is 2. The van der Waals surface area contributed by atoms with E-state index in [1.807, 2.05) is 39.8 Å². The lowest BCUT2D eigenvalue weighted by Crippen LogP contribution is -1.90. The van der Waals surface area contributed by atoms with E-state index in [0.29, 0.717) is 11.3 Å². The Bertz CT molecular complexity index is 3840. The van der Waals surface area contributed by atoms with E-state index >= 15 is 0 Å². The van der Waals surface area contributed by atoms with Crippen molar-refractivity contribution in [3.8, 4) is 61.7 Å². The molecule has 0 aliphatic rings. The summed E-state index contributed by atoms with van der Waals surface area (Å²) in [6.07, 6.45) is 0. The van der Waals surface area contributed by atoms with Gasteiger partial charge in [-0.3, -0.25) is 0 Å². The van der Waals surface area contributed by atoms with E-state index in [4.69, 9.17) is 11.8 Å². The molecule has 0 aromatic heterocycles. The van der Waals surface area contributed by atoms with Crippen molar-refractivity contribution in [2.24, 2.45) is 0 Å². The fourth-order valence-electron chi connectivity index (χ4n) is 10.2.